The Morgan fingerprint density at radius 1 is 1.32 bits per heavy atom. The van der Waals surface area contributed by atoms with Gasteiger partial charge in [-0.05, 0) is 37.8 Å². The van der Waals surface area contributed by atoms with E-state index in [0.29, 0.717) is 22.6 Å². The van der Waals surface area contributed by atoms with Crippen molar-refractivity contribution in [3.05, 3.63) is 31.9 Å². The average Bonchev–Trinajstić information content (AvgIpc) is 3.34. The quantitative estimate of drug-likeness (QED) is 0.489. The number of hydrogen-bond acceptors (Lipinski definition) is 7. The van der Waals surface area contributed by atoms with E-state index in [9.17, 15) is 19.6 Å². The monoisotopic (exact) mass is 460 g/mol. The number of thioether (sulfide) groups is 1. The number of nitrogens with zero attached hydrogens (tertiary/aromatic N) is 4. The van der Waals surface area contributed by atoms with E-state index in [1.165, 1.54) is 0 Å². The van der Waals surface area contributed by atoms with E-state index in [1.807, 2.05) is 13.0 Å². The Bertz CT molecular complexity index is 1060. The zero-order valence-electron chi connectivity index (χ0n) is 17.5. The van der Waals surface area contributed by atoms with Gasteiger partial charge in [0.2, 0.25) is 0 Å². The van der Waals surface area contributed by atoms with Gasteiger partial charge in [0.1, 0.15) is 28.3 Å². The molecule has 0 aliphatic carbocycles. The van der Waals surface area contributed by atoms with Gasteiger partial charge in [-0.25, -0.2) is 0 Å². The van der Waals surface area contributed by atoms with Gasteiger partial charge in [0.15, 0.2) is 0 Å². The molecule has 0 atom stereocenters. The van der Waals surface area contributed by atoms with Gasteiger partial charge in [0.25, 0.3) is 11.5 Å². The van der Waals surface area contributed by atoms with Crippen LogP contribution in [-0.4, -0.2) is 50.4 Å². The number of hydrogen-bond donors (Lipinski definition) is 1. The number of thiocarbonyl (C=S) groups is 1. The van der Waals surface area contributed by atoms with E-state index in [4.69, 9.17) is 17.3 Å². The Balaban J connectivity index is 2.21. The minimum absolute atomic E-state index is 0.0614. The van der Waals surface area contributed by atoms with Gasteiger partial charge in [-0.1, -0.05) is 37.3 Å². The van der Waals surface area contributed by atoms with E-state index in [2.05, 4.69) is 4.90 Å². The maximum Gasteiger partial charge on any atom is 0.323 e. The SMILES string of the molecule is CCCCn1c(N2CCCC2)c(/C=C2/SC(=S)N(CC(=O)O)C2=O)c(C)c(C#N)c1=O. The molecule has 0 spiro atoms. The van der Waals surface area contributed by atoms with Crippen molar-refractivity contribution in [1.82, 2.24) is 9.47 Å². The number of rotatable bonds is 7. The van der Waals surface area contributed by atoms with Crippen LogP contribution in [0.25, 0.3) is 6.08 Å². The van der Waals surface area contributed by atoms with E-state index >= 15 is 0 Å². The van der Waals surface area contributed by atoms with Gasteiger partial charge in [0, 0.05) is 25.2 Å². The molecular formula is C21H24N4O4S2. The van der Waals surface area contributed by atoms with Crippen molar-refractivity contribution in [2.75, 3.05) is 24.5 Å². The van der Waals surface area contributed by atoms with Crippen LogP contribution >= 0.6 is 24.0 Å². The van der Waals surface area contributed by atoms with Crippen LogP contribution in [0.5, 0.6) is 0 Å². The van der Waals surface area contributed by atoms with Crippen molar-refractivity contribution in [3.8, 4) is 6.07 Å². The highest BCUT2D eigenvalue weighted by atomic mass is 32.2. The van der Waals surface area contributed by atoms with Crippen molar-refractivity contribution in [1.29, 1.82) is 5.26 Å². The first-order valence-electron chi connectivity index (χ1n) is 10.2. The molecule has 164 valence electrons. The Labute approximate surface area is 190 Å². The lowest BCUT2D eigenvalue weighted by atomic mass is 10.0. The number of pyridine rings is 1. The zero-order valence-corrected chi connectivity index (χ0v) is 19.1. The first-order chi connectivity index (χ1) is 14.8. The van der Waals surface area contributed by atoms with Crippen LogP contribution in [0.2, 0.25) is 0 Å². The topological polar surface area (TPSA) is 107 Å². The van der Waals surface area contributed by atoms with Crippen LogP contribution in [0, 0.1) is 18.3 Å². The number of aliphatic carboxylic acids is 1. The average molecular weight is 461 g/mol. The van der Waals surface area contributed by atoms with Crippen molar-refractivity contribution < 1.29 is 14.7 Å². The summed E-state index contributed by atoms with van der Waals surface area (Å²) in [4.78, 5) is 40.5. The minimum atomic E-state index is -1.15. The predicted molar refractivity (Wildman–Crippen MR) is 124 cm³/mol. The lowest BCUT2D eigenvalue weighted by Crippen LogP contribution is -2.34. The summed E-state index contributed by atoms with van der Waals surface area (Å²) in [6.45, 7) is 5.31. The van der Waals surface area contributed by atoms with Crippen LogP contribution < -0.4 is 10.5 Å². The van der Waals surface area contributed by atoms with Crippen molar-refractivity contribution in [3.63, 3.8) is 0 Å². The third kappa shape index (κ3) is 4.52. The molecule has 2 fully saturated rings. The van der Waals surface area contributed by atoms with E-state index in [0.717, 1.165) is 61.3 Å². The normalized spacial score (nSPS) is 17.6. The summed E-state index contributed by atoms with van der Waals surface area (Å²) < 4.78 is 1.84. The second-order valence-electron chi connectivity index (χ2n) is 7.52. The lowest BCUT2D eigenvalue weighted by molar-refractivity contribution is -0.140. The third-order valence-corrected chi connectivity index (χ3v) is 6.81. The summed E-state index contributed by atoms with van der Waals surface area (Å²) in [5, 5.41) is 18.7. The van der Waals surface area contributed by atoms with Crippen LogP contribution in [0.1, 0.15) is 49.3 Å². The number of carboxylic acid groups (broad SMARTS) is 1. The second kappa shape index (κ2) is 9.66. The maximum absolute atomic E-state index is 13.1. The van der Waals surface area contributed by atoms with Crippen LogP contribution in [0.15, 0.2) is 9.70 Å². The molecule has 31 heavy (non-hydrogen) atoms. The van der Waals surface area contributed by atoms with Crippen molar-refractivity contribution in [2.45, 2.75) is 46.1 Å². The maximum atomic E-state index is 13.1. The number of carbonyl (C=O) groups excluding carboxylic acids is 1. The fourth-order valence-electron chi connectivity index (χ4n) is 3.84. The molecule has 0 aromatic carbocycles. The number of nitriles is 1. The molecule has 2 aliphatic heterocycles. The summed E-state index contributed by atoms with van der Waals surface area (Å²) in [7, 11) is 0. The number of unbranched alkanes of at least 4 members (excludes halogenated alkanes) is 1. The minimum Gasteiger partial charge on any atom is -0.480 e. The molecule has 3 heterocycles. The first kappa shape index (κ1) is 23.0. The van der Waals surface area contributed by atoms with E-state index < -0.39 is 18.4 Å². The van der Waals surface area contributed by atoms with Crippen LogP contribution in [0.3, 0.4) is 0 Å². The fourth-order valence-corrected chi connectivity index (χ4v) is 5.08. The number of aromatic nitrogens is 1. The molecule has 1 N–H and O–H groups in total. The second-order valence-corrected chi connectivity index (χ2v) is 9.19. The molecule has 1 aromatic heterocycles. The van der Waals surface area contributed by atoms with Gasteiger partial charge in [-0.15, -0.1) is 0 Å². The molecule has 10 heteroatoms. The zero-order chi connectivity index (χ0) is 22.7. The Morgan fingerprint density at radius 2 is 2.00 bits per heavy atom. The lowest BCUT2D eigenvalue weighted by Gasteiger charge is -2.27. The van der Waals surface area contributed by atoms with Crippen molar-refractivity contribution in [2.24, 2.45) is 0 Å². The summed E-state index contributed by atoms with van der Waals surface area (Å²) in [5.74, 6) is -0.906. The Morgan fingerprint density at radius 3 is 2.58 bits per heavy atom. The van der Waals surface area contributed by atoms with Gasteiger partial charge < -0.3 is 10.0 Å². The van der Waals surface area contributed by atoms with E-state index in [-0.39, 0.29) is 15.4 Å². The van der Waals surface area contributed by atoms with Gasteiger partial charge in [0.05, 0.1) is 4.91 Å². The highest BCUT2D eigenvalue weighted by Gasteiger charge is 2.34. The highest BCUT2D eigenvalue weighted by Crippen LogP contribution is 2.36. The van der Waals surface area contributed by atoms with Gasteiger partial charge >= 0.3 is 5.97 Å². The molecule has 1 aromatic rings. The van der Waals surface area contributed by atoms with Gasteiger partial charge in [-0.2, -0.15) is 5.26 Å². The molecule has 0 radical (unpaired) electrons. The largest absolute Gasteiger partial charge is 0.480 e. The van der Waals surface area contributed by atoms with Crippen LogP contribution in [0.4, 0.5) is 5.82 Å². The molecule has 2 saturated heterocycles. The molecular weight excluding hydrogens is 436 g/mol. The molecule has 1 amide bonds. The number of anilines is 1. The molecule has 0 unspecified atom stereocenters. The Hall–Kier alpha value is -2.64. The summed E-state index contributed by atoms with van der Waals surface area (Å²) >= 11 is 6.24. The van der Waals surface area contributed by atoms with E-state index in [1.54, 1.807) is 17.6 Å². The third-order valence-electron chi connectivity index (χ3n) is 5.43. The van der Waals surface area contributed by atoms with Gasteiger partial charge in [-0.3, -0.25) is 23.9 Å². The molecule has 0 saturated carbocycles. The summed E-state index contributed by atoms with van der Waals surface area (Å²) in [6.07, 6.45) is 5.34. The highest BCUT2D eigenvalue weighted by molar-refractivity contribution is 8.26. The Kier molecular flexibility index (Phi) is 7.18. The van der Waals surface area contributed by atoms with Crippen LogP contribution in [-0.2, 0) is 16.1 Å². The smallest absolute Gasteiger partial charge is 0.323 e. The molecule has 8 nitrogen and oxygen atoms in total. The standard InChI is InChI=1S/C21H24N4O4S2/c1-3-4-9-24-18(23-7-5-6-8-23)14(13(2)15(11-22)19(24)28)10-16-20(29)25(12-17(26)27)21(30)31-16/h10H,3-9,12H2,1-2H3,(H,26,27)/b16-10+. The molecule has 3 rings (SSSR count). The summed E-state index contributed by atoms with van der Waals surface area (Å²) in [6, 6.07) is 2.03. The fraction of sp³-hybridized carbons (Fsp3) is 0.476. The summed E-state index contributed by atoms with van der Waals surface area (Å²) in [5.41, 5.74) is 0.910. The number of carbonyl (C=O) groups is 2. The van der Waals surface area contributed by atoms with Crippen molar-refractivity contribution >= 4 is 52.1 Å². The number of amides is 1. The first-order valence-corrected chi connectivity index (χ1v) is 11.4. The predicted octanol–water partition coefficient (Wildman–Crippen LogP) is 2.71. The molecule has 0 bridgehead atoms. The molecule has 2 aliphatic rings. The number of carboxylic acids is 1.